The van der Waals surface area contributed by atoms with E-state index in [-0.39, 0.29) is 5.78 Å². The van der Waals surface area contributed by atoms with Crippen LogP contribution in [0.2, 0.25) is 0 Å². The van der Waals surface area contributed by atoms with Crippen molar-refractivity contribution in [2.45, 2.75) is 6.92 Å². The molecule has 0 fully saturated rings. The minimum Gasteiger partial charge on any atom is -0.295 e. The minimum atomic E-state index is 0.0213. The van der Waals surface area contributed by atoms with Crippen LogP contribution in [-0.2, 0) is 4.79 Å². The summed E-state index contributed by atoms with van der Waals surface area (Å²) < 4.78 is 3.63. The summed E-state index contributed by atoms with van der Waals surface area (Å²) in [6.45, 7) is 1.50. The maximum atomic E-state index is 10.4. The highest BCUT2D eigenvalue weighted by Gasteiger charge is 1.88. The third-order valence-electron chi connectivity index (χ3n) is 0.866. The summed E-state index contributed by atoms with van der Waals surface area (Å²) in [6.07, 6.45) is 3.11. The summed E-state index contributed by atoms with van der Waals surface area (Å²) in [7, 11) is 0. The van der Waals surface area contributed by atoms with Crippen LogP contribution in [0.5, 0.6) is 0 Å². The van der Waals surface area contributed by atoms with Crippen LogP contribution in [0.1, 0.15) is 12.6 Å². The van der Waals surface area contributed by atoms with Crippen molar-refractivity contribution in [1.29, 1.82) is 0 Å². The Balaban J connectivity index is 2.64. The Labute approximate surface area is 62.6 Å². The number of ketones is 1. The molecule has 0 spiro atoms. The van der Waals surface area contributed by atoms with E-state index in [1.54, 1.807) is 11.5 Å². The summed E-state index contributed by atoms with van der Waals surface area (Å²) in [6, 6.07) is 0. The lowest BCUT2D eigenvalue weighted by molar-refractivity contribution is -0.112. The summed E-state index contributed by atoms with van der Waals surface area (Å²) in [5, 5.41) is 5.49. The van der Waals surface area contributed by atoms with Gasteiger partial charge in [-0.15, -0.1) is 5.10 Å². The van der Waals surface area contributed by atoms with Crippen molar-refractivity contribution < 1.29 is 4.79 Å². The van der Waals surface area contributed by atoms with Crippen molar-refractivity contribution in [1.82, 2.24) is 9.59 Å². The van der Waals surface area contributed by atoms with Gasteiger partial charge in [0.05, 0.1) is 5.69 Å². The maximum Gasteiger partial charge on any atom is 0.152 e. The highest BCUT2D eigenvalue weighted by atomic mass is 32.1. The average molecular weight is 154 g/mol. The summed E-state index contributed by atoms with van der Waals surface area (Å²) in [5.74, 6) is 0.0213. The van der Waals surface area contributed by atoms with Crippen LogP contribution in [-0.4, -0.2) is 15.4 Å². The van der Waals surface area contributed by atoms with Gasteiger partial charge in [-0.3, -0.25) is 4.79 Å². The van der Waals surface area contributed by atoms with Gasteiger partial charge >= 0.3 is 0 Å². The van der Waals surface area contributed by atoms with Crippen LogP contribution in [0.4, 0.5) is 0 Å². The third kappa shape index (κ3) is 2.06. The monoisotopic (exact) mass is 154 g/mol. The van der Waals surface area contributed by atoms with Crippen molar-refractivity contribution in [2.75, 3.05) is 0 Å². The van der Waals surface area contributed by atoms with Crippen LogP contribution < -0.4 is 0 Å². The number of carbonyl (C=O) groups excluding carboxylic acids is 1. The Morgan fingerprint density at radius 2 is 2.60 bits per heavy atom. The summed E-state index contributed by atoms with van der Waals surface area (Å²) in [4.78, 5) is 10.4. The Morgan fingerprint density at radius 1 is 1.80 bits per heavy atom. The first-order chi connectivity index (χ1) is 4.79. The molecule has 0 aromatic carbocycles. The van der Waals surface area contributed by atoms with Crippen molar-refractivity contribution in [3.05, 3.63) is 17.2 Å². The number of allylic oxidation sites excluding steroid dienone is 1. The highest BCUT2D eigenvalue weighted by molar-refractivity contribution is 7.03. The van der Waals surface area contributed by atoms with Crippen LogP contribution in [0.25, 0.3) is 6.08 Å². The molecule has 0 radical (unpaired) electrons. The first kappa shape index (κ1) is 7.08. The Hall–Kier alpha value is -1.03. The molecule has 1 aromatic heterocycles. The molecule has 0 unspecified atom stereocenters. The Kier molecular flexibility index (Phi) is 2.28. The molecule has 4 heteroatoms. The van der Waals surface area contributed by atoms with Crippen LogP contribution in [0.15, 0.2) is 11.5 Å². The molecule has 3 nitrogen and oxygen atoms in total. The van der Waals surface area contributed by atoms with Gasteiger partial charge in [0.15, 0.2) is 5.78 Å². The number of hydrogen-bond donors (Lipinski definition) is 0. The number of nitrogens with zero attached hydrogens (tertiary/aromatic N) is 2. The zero-order chi connectivity index (χ0) is 7.40. The van der Waals surface area contributed by atoms with Crippen LogP contribution >= 0.6 is 11.5 Å². The molecule has 0 saturated carbocycles. The second kappa shape index (κ2) is 3.22. The zero-order valence-corrected chi connectivity index (χ0v) is 6.26. The lowest BCUT2D eigenvalue weighted by Gasteiger charge is -1.76. The van der Waals surface area contributed by atoms with Crippen molar-refractivity contribution in [3.63, 3.8) is 0 Å². The second-order valence-electron chi connectivity index (χ2n) is 1.77. The van der Waals surface area contributed by atoms with E-state index in [1.165, 1.54) is 24.5 Å². The quantitative estimate of drug-likeness (QED) is 0.600. The molecule has 0 amide bonds. The van der Waals surface area contributed by atoms with Gasteiger partial charge in [0.25, 0.3) is 0 Å². The summed E-state index contributed by atoms with van der Waals surface area (Å²) in [5.41, 5.74) is 0.736. The second-order valence-corrected chi connectivity index (χ2v) is 2.38. The van der Waals surface area contributed by atoms with E-state index in [0.717, 1.165) is 5.69 Å². The highest BCUT2D eigenvalue weighted by Crippen LogP contribution is 1.98. The van der Waals surface area contributed by atoms with E-state index in [9.17, 15) is 4.79 Å². The van der Waals surface area contributed by atoms with E-state index >= 15 is 0 Å². The van der Waals surface area contributed by atoms with E-state index in [1.807, 2.05) is 0 Å². The van der Waals surface area contributed by atoms with E-state index in [2.05, 4.69) is 9.59 Å². The fraction of sp³-hybridized carbons (Fsp3) is 0.167. The number of rotatable bonds is 2. The van der Waals surface area contributed by atoms with Gasteiger partial charge < -0.3 is 0 Å². The molecule has 0 N–H and O–H groups in total. The topological polar surface area (TPSA) is 42.9 Å². The lowest BCUT2D eigenvalue weighted by atomic mass is 10.3. The molecular weight excluding hydrogens is 148 g/mol. The molecule has 1 aromatic rings. The lowest BCUT2D eigenvalue weighted by Crippen LogP contribution is -1.79. The molecule has 0 aliphatic heterocycles. The van der Waals surface area contributed by atoms with Gasteiger partial charge in [-0.05, 0) is 30.6 Å². The Bertz CT molecular complexity index is 240. The van der Waals surface area contributed by atoms with Crippen molar-refractivity contribution >= 4 is 23.4 Å². The molecule has 1 heterocycles. The fourth-order valence-electron chi connectivity index (χ4n) is 0.447. The van der Waals surface area contributed by atoms with Crippen molar-refractivity contribution in [3.8, 4) is 0 Å². The SMILES string of the molecule is CC(=O)/C=C/c1csnn1. The van der Waals surface area contributed by atoms with Crippen LogP contribution in [0.3, 0.4) is 0 Å². The molecule has 1 rings (SSSR count). The third-order valence-corrected chi connectivity index (χ3v) is 1.39. The molecular formula is C6H6N2OS. The average Bonchev–Trinajstić information content (AvgIpc) is 2.34. The smallest absolute Gasteiger partial charge is 0.152 e. The predicted molar refractivity (Wildman–Crippen MR) is 39.6 cm³/mol. The van der Waals surface area contributed by atoms with Gasteiger partial charge in [0, 0.05) is 5.38 Å². The Morgan fingerprint density at radius 3 is 3.10 bits per heavy atom. The van der Waals surface area contributed by atoms with Gasteiger partial charge in [0.1, 0.15) is 0 Å². The molecule has 0 aliphatic rings. The van der Waals surface area contributed by atoms with Gasteiger partial charge in [0.2, 0.25) is 0 Å². The number of hydrogen-bond acceptors (Lipinski definition) is 4. The number of carbonyl (C=O) groups is 1. The first-order valence-corrected chi connectivity index (χ1v) is 3.58. The zero-order valence-electron chi connectivity index (χ0n) is 5.44. The molecule has 0 atom stereocenters. The van der Waals surface area contributed by atoms with Crippen LogP contribution in [0, 0.1) is 0 Å². The minimum absolute atomic E-state index is 0.0213. The fourth-order valence-corrected chi connectivity index (χ4v) is 0.869. The summed E-state index contributed by atoms with van der Waals surface area (Å²) >= 11 is 1.27. The number of aromatic nitrogens is 2. The molecule has 10 heavy (non-hydrogen) atoms. The molecule has 0 bridgehead atoms. The first-order valence-electron chi connectivity index (χ1n) is 2.75. The predicted octanol–water partition coefficient (Wildman–Crippen LogP) is 1.14. The maximum absolute atomic E-state index is 10.4. The van der Waals surface area contributed by atoms with Crippen molar-refractivity contribution in [2.24, 2.45) is 0 Å². The van der Waals surface area contributed by atoms with E-state index < -0.39 is 0 Å². The molecule has 0 aliphatic carbocycles. The normalized spacial score (nSPS) is 10.5. The van der Waals surface area contributed by atoms with E-state index in [0.29, 0.717) is 0 Å². The standard InChI is InChI=1S/C6H6N2OS/c1-5(9)2-3-6-4-10-8-7-6/h2-4H,1H3/b3-2+. The van der Waals surface area contributed by atoms with Gasteiger partial charge in [-0.1, -0.05) is 4.49 Å². The largest absolute Gasteiger partial charge is 0.295 e. The molecule has 0 saturated heterocycles. The van der Waals surface area contributed by atoms with E-state index in [4.69, 9.17) is 0 Å². The van der Waals surface area contributed by atoms with Gasteiger partial charge in [-0.2, -0.15) is 0 Å². The molecule has 52 valence electrons. The van der Waals surface area contributed by atoms with Gasteiger partial charge in [-0.25, -0.2) is 0 Å².